The third-order valence-electron chi connectivity index (χ3n) is 4.58. The maximum Gasteiger partial charge on any atom is 0.271 e. The molecule has 4 aromatic rings. The van der Waals surface area contributed by atoms with E-state index in [2.05, 4.69) is 20.5 Å². The van der Waals surface area contributed by atoms with Crippen LogP contribution in [0.5, 0.6) is 0 Å². The van der Waals surface area contributed by atoms with E-state index < -0.39 is 4.92 Å². The van der Waals surface area contributed by atoms with Gasteiger partial charge < -0.3 is 5.32 Å². The van der Waals surface area contributed by atoms with E-state index in [4.69, 9.17) is 0 Å². The second-order valence-electron chi connectivity index (χ2n) is 6.65. The smallest absolute Gasteiger partial charge is 0.271 e. The SMILES string of the molecule is CCCC(NC(=O)c1csc(-c2cccc([N+](=O)[O-])c2)n1)c1nnc2ccccn12. The number of hydrogen-bond acceptors (Lipinski definition) is 7. The first-order valence-electron chi connectivity index (χ1n) is 9.37. The van der Waals surface area contributed by atoms with Gasteiger partial charge in [-0.05, 0) is 18.6 Å². The third kappa shape index (κ3) is 3.90. The minimum Gasteiger partial charge on any atom is -0.341 e. The van der Waals surface area contributed by atoms with Crippen LogP contribution in [0, 0.1) is 10.1 Å². The second-order valence-corrected chi connectivity index (χ2v) is 7.51. The maximum atomic E-state index is 12.8. The maximum absolute atomic E-state index is 12.8. The Morgan fingerprint density at radius 3 is 2.93 bits per heavy atom. The van der Waals surface area contributed by atoms with Gasteiger partial charge in [0.05, 0.1) is 11.0 Å². The first-order chi connectivity index (χ1) is 14.6. The van der Waals surface area contributed by atoms with E-state index in [0.29, 0.717) is 28.5 Å². The number of nitrogens with one attached hydrogen (secondary N) is 1. The minimum atomic E-state index is -0.455. The van der Waals surface area contributed by atoms with Crippen molar-refractivity contribution in [1.29, 1.82) is 0 Å². The molecule has 0 aliphatic rings. The van der Waals surface area contributed by atoms with Crippen molar-refractivity contribution in [3.05, 3.63) is 75.7 Å². The predicted octanol–water partition coefficient (Wildman–Crippen LogP) is 4.03. The second kappa shape index (κ2) is 8.37. The highest BCUT2D eigenvalue weighted by atomic mass is 32.1. The zero-order valence-corrected chi connectivity index (χ0v) is 16.9. The Bertz CT molecular complexity index is 1220. The van der Waals surface area contributed by atoms with Crippen LogP contribution in [0.15, 0.2) is 54.0 Å². The molecular formula is C20H18N6O3S. The topological polar surface area (TPSA) is 115 Å². The van der Waals surface area contributed by atoms with Crippen molar-refractivity contribution >= 4 is 28.6 Å². The fourth-order valence-electron chi connectivity index (χ4n) is 3.15. The zero-order valence-electron chi connectivity index (χ0n) is 16.1. The standard InChI is InChI=1S/C20H18N6O3S/c1-2-6-15(18-24-23-17-9-3-4-10-25(17)18)21-19(27)16-12-30-20(22-16)13-7-5-8-14(11-13)26(28)29/h3-5,7-12,15H,2,6H2,1H3,(H,21,27). The summed E-state index contributed by atoms with van der Waals surface area (Å²) in [6, 6.07) is 11.5. The molecule has 0 saturated carbocycles. The van der Waals surface area contributed by atoms with E-state index >= 15 is 0 Å². The number of benzene rings is 1. The van der Waals surface area contributed by atoms with Crippen LogP contribution in [0.4, 0.5) is 5.69 Å². The molecule has 1 N–H and O–H groups in total. The van der Waals surface area contributed by atoms with Gasteiger partial charge in [-0.2, -0.15) is 0 Å². The number of hydrogen-bond donors (Lipinski definition) is 1. The molecule has 10 heteroatoms. The van der Waals surface area contributed by atoms with Gasteiger partial charge in [0.25, 0.3) is 11.6 Å². The van der Waals surface area contributed by atoms with E-state index in [1.165, 1.54) is 23.5 Å². The van der Waals surface area contributed by atoms with Crippen LogP contribution in [0.2, 0.25) is 0 Å². The van der Waals surface area contributed by atoms with Gasteiger partial charge in [-0.1, -0.05) is 31.5 Å². The molecule has 3 heterocycles. The number of thiazole rings is 1. The molecule has 4 rings (SSSR count). The van der Waals surface area contributed by atoms with Gasteiger partial charge in [0.15, 0.2) is 11.5 Å². The third-order valence-corrected chi connectivity index (χ3v) is 5.47. The van der Waals surface area contributed by atoms with Crippen molar-refractivity contribution in [2.75, 3.05) is 0 Å². The molecule has 9 nitrogen and oxygen atoms in total. The number of nitro groups is 1. The number of fused-ring (bicyclic) bond motifs is 1. The van der Waals surface area contributed by atoms with Crippen molar-refractivity contribution in [1.82, 2.24) is 24.9 Å². The number of carbonyl (C=O) groups is 1. The first-order valence-corrected chi connectivity index (χ1v) is 10.3. The van der Waals surface area contributed by atoms with Gasteiger partial charge >= 0.3 is 0 Å². The lowest BCUT2D eigenvalue weighted by Gasteiger charge is -2.15. The summed E-state index contributed by atoms with van der Waals surface area (Å²) in [4.78, 5) is 27.8. The molecule has 0 radical (unpaired) electrons. The number of rotatable bonds is 7. The average molecular weight is 422 g/mol. The molecule has 30 heavy (non-hydrogen) atoms. The molecular weight excluding hydrogens is 404 g/mol. The summed E-state index contributed by atoms with van der Waals surface area (Å²) >= 11 is 1.26. The van der Waals surface area contributed by atoms with Crippen LogP contribution < -0.4 is 5.32 Å². The van der Waals surface area contributed by atoms with E-state index in [1.807, 2.05) is 35.7 Å². The Hall–Kier alpha value is -3.66. The fraction of sp³-hybridized carbons (Fsp3) is 0.200. The Kier molecular flexibility index (Phi) is 5.48. The molecule has 3 aromatic heterocycles. The highest BCUT2D eigenvalue weighted by Crippen LogP contribution is 2.27. The number of non-ortho nitro benzene ring substituents is 1. The summed E-state index contributed by atoms with van der Waals surface area (Å²) in [5, 5.41) is 24.6. The lowest BCUT2D eigenvalue weighted by atomic mass is 10.1. The van der Waals surface area contributed by atoms with E-state index in [9.17, 15) is 14.9 Å². The molecule has 152 valence electrons. The van der Waals surface area contributed by atoms with E-state index in [1.54, 1.807) is 17.5 Å². The minimum absolute atomic E-state index is 0.0182. The molecule has 0 bridgehead atoms. The number of aromatic nitrogens is 4. The summed E-state index contributed by atoms with van der Waals surface area (Å²) < 4.78 is 1.86. The van der Waals surface area contributed by atoms with Crippen LogP contribution in [0.3, 0.4) is 0 Å². The van der Waals surface area contributed by atoms with Crippen LogP contribution >= 0.6 is 11.3 Å². The highest BCUT2D eigenvalue weighted by molar-refractivity contribution is 7.13. The van der Waals surface area contributed by atoms with Gasteiger partial charge in [0, 0.05) is 29.3 Å². The van der Waals surface area contributed by atoms with E-state index in [-0.39, 0.29) is 23.3 Å². The predicted molar refractivity (Wildman–Crippen MR) is 112 cm³/mol. The molecule has 0 spiro atoms. The summed E-state index contributed by atoms with van der Waals surface area (Å²) in [5.74, 6) is 0.337. The van der Waals surface area contributed by atoms with Gasteiger partial charge in [-0.15, -0.1) is 21.5 Å². The largest absolute Gasteiger partial charge is 0.341 e. The summed E-state index contributed by atoms with van der Waals surface area (Å²) in [6.07, 6.45) is 3.41. The summed E-state index contributed by atoms with van der Waals surface area (Å²) in [7, 11) is 0. The van der Waals surface area contributed by atoms with Crippen molar-refractivity contribution in [3.8, 4) is 10.6 Å². The van der Waals surface area contributed by atoms with Gasteiger partial charge in [-0.25, -0.2) is 4.98 Å². The molecule has 1 unspecified atom stereocenters. The molecule has 0 fully saturated rings. The van der Waals surface area contributed by atoms with Crippen molar-refractivity contribution in [2.45, 2.75) is 25.8 Å². The first kappa shape index (κ1) is 19.6. The van der Waals surface area contributed by atoms with Crippen molar-refractivity contribution in [3.63, 3.8) is 0 Å². The van der Waals surface area contributed by atoms with Gasteiger partial charge in [-0.3, -0.25) is 19.3 Å². The molecule has 0 saturated heterocycles. The quantitative estimate of drug-likeness (QED) is 0.355. The van der Waals surface area contributed by atoms with Crippen LogP contribution in [-0.2, 0) is 0 Å². The summed E-state index contributed by atoms with van der Waals surface area (Å²) in [6.45, 7) is 2.03. The number of carbonyl (C=O) groups excluding carboxylic acids is 1. The lowest BCUT2D eigenvalue weighted by Crippen LogP contribution is -2.30. The van der Waals surface area contributed by atoms with Gasteiger partial charge in [0.2, 0.25) is 0 Å². The Morgan fingerprint density at radius 1 is 1.27 bits per heavy atom. The number of nitro benzene ring substituents is 1. The number of nitrogens with zero attached hydrogens (tertiary/aromatic N) is 5. The van der Waals surface area contributed by atoms with Crippen LogP contribution in [0.25, 0.3) is 16.2 Å². The van der Waals surface area contributed by atoms with Crippen molar-refractivity contribution < 1.29 is 9.72 Å². The monoisotopic (exact) mass is 422 g/mol. The molecule has 0 aliphatic heterocycles. The normalized spacial score (nSPS) is 12.0. The molecule has 0 aliphatic carbocycles. The Labute approximate surface area is 175 Å². The Balaban J connectivity index is 1.57. The average Bonchev–Trinajstić information content (AvgIpc) is 3.41. The number of amides is 1. The zero-order chi connectivity index (χ0) is 21.1. The lowest BCUT2D eigenvalue weighted by molar-refractivity contribution is -0.384. The number of pyridine rings is 1. The van der Waals surface area contributed by atoms with Gasteiger partial charge in [0.1, 0.15) is 10.7 Å². The molecule has 1 atom stereocenters. The van der Waals surface area contributed by atoms with E-state index in [0.717, 1.165) is 6.42 Å². The van der Waals surface area contributed by atoms with Crippen molar-refractivity contribution in [2.24, 2.45) is 0 Å². The Morgan fingerprint density at radius 2 is 2.13 bits per heavy atom. The molecule has 1 aromatic carbocycles. The van der Waals surface area contributed by atoms with Crippen LogP contribution in [0.1, 0.15) is 42.1 Å². The molecule has 1 amide bonds. The fourth-order valence-corrected chi connectivity index (χ4v) is 3.94. The highest BCUT2D eigenvalue weighted by Gasteiger charge is 2.22. The van der Waals surface area contributed by atoms with Crippen LogP contribution in [-0.4, -0.2) is 30.4 Å². The summed E-state index contributed by atoms with van der Waals surface area (Å²) in [5.41, 5.74) is 1.55.